The van der Waals surface area contributed by atoms with Gasteiger partial charge in [0.2, 0.25) is 5.91 Å². The second kappa shape index (κ2) is 6.79. The van der Waals surface area contributed by atoms with Crippen LogP contribution in [0.1, 0.15) is 37.7 Å². The first-order valence-corrected chi connectivity index (χ1v) is 10.3. The molecular formula is C22H28N4O. The van der Waals surface area contributed by atoms with Crippen LogP contribution < -0.4 is 0 Å². The number of rotatable bonds is 5. The largest absolute Gasteiger partial charge is 0.342 e. The number of hydrogen-bond acceptors (Lipinski definition) is 3. The molecule has 5 nitrogen and oxygen atoms in total. The van der Waals surface area contributed by atoms with Gasteiger partial charge in [-0.05, 0) is 68.3 Å². The van der Waals surface area contributed by atoms with Gasteiger partial charge in [0, 0.05) is 38.6 Å². The van der Waals surface area contributed by atoms with Crippen LogP contribution in [0.15, 0.2) is 42.7 Å². The molecular weight excluding hydrogens is 336 g/mol. The molecule has 1 aliphatic carbocycles. The Morgan fingerprint density at radius 3 is 2.89 bits per heavy atom. The number of likely N-dealkylation sites (tertiary alicyclic amines) is 2. The first-order chi connectivity index (χ1) is 13.2. The Bertz CT molecular complexity index is 813. The van der Waals surface area contributed by atoms with Crippen LogP contribution in [-0.4, -0.2) is 51.7 Å². The van der Waals surface area contributed by atoms with E-state index in [1.165, 1.54) is 24.8 Å². The third-order valence-electron chi connectivity index (χ3n) is 6.52. The SMILES string of the molecule is O=C1N(CC2CC2)CCCC12CCN(Cc1cccc(-n3cccn3)c1)C2. The molecule has 1 unspecified atom stereocenters. The molecule has 2 aliphatic heterocycles. The molecule has 3 heterocycles. The summed E-state index contributed by atoms with van der Waals surface area (Å²) in [6.45, 7) is 4.83. The van der Waals surface area contributed by atoms with Gasteiger partial charge in [0.05, 0.1) is 11.1 Å². The lowest BCUT2D eigenvalue weighted by Gasteiger charge is -2.39. The van der Waals surface area contributed by atoms with Gasteiger partial charge in [-0.1, -0.05) is 12.1 Å². The van der Waals surface area contributed by atoms with Gasteiger partial charge in [-0.15, -0.1) is 0 Å². The Balaban J connectivity index is 1.27. The average Bonchev–Trinajstić information content (AvgIpc) is 3.17. The number of hydrogen-bond donors (Lipinski definition) is 0. The minimum absolute atomic E-state index is 0.118. The summed E-state index contributed by atoms with van der Waals surface area (Å²) in [5, 5.41) is 4.33. The van der Waals surface area contributed by atoms with E-state index in [0.717, 1.165) is 57.2 Å². The number of amides is 1. The van der Waals surface area contributed by atoms with Gasteiger partial charge in [0.15, 0.2) is 0 Å². The van der Waals surface area contributed by atoms with Crippen molar-refractivity contribution in [2.24, 2.45) is 11.3 Å². The minimum atomic E-state index is -0.118. The van der Waals surface area contributed by atoms with Gasteiger partial charge in [0.25, 0.3) is 0 Å². The summed E-state index contributed by atoms with van der Waals surface area (Å²) in [5.74, 6) is 1.22. The molecule has 1 atom stereocenters. The Hall–Kier alpha value is -2.14. The molecule has 2 aromatic rings. The highest BCUT2D eigenvalue weighted by molar-refractivity contribution is 5.84. The topological polar surface area (TPSA) is 41.4 Å². The van der Waals surface area contributed by atoms with Crippen LogP contribution in [0.25, 0.3) is 5.69 Å². The van der Waals surface area contributed by atoms with Crippen LogP contribution in [0.3, 0.4) is 0 Å². The zero-order valence-corrected chi connectivity index (χ0v) is 15.9. The van der Waals surface area contributed by atoms with E-state index < -0.39 is 0 Å². The van der Waals surface area contributed by atoms with E-state index in [4.69, 9.17) is 0 Å². The lowest BCUT2D eigenvalue weighted by atomic mass is 9.78. The highest BCUT2D eigenvalue weighted by atomic mass is 16.2. The van der Waals surface area contributed by atoms with Gasteiger partial charge < -0.3 is 4.90 Å². The van der Waals surface area contributed by atoms with Crippen LogP contribution in [0.5, 0.6) is 0 Å². The van der Waals surface area contributed by atoms with Crippen molar-refractivity contribution in [2.45, 2.75) is 38.6 Å². The van der Waals surface area contributed by atoms with Crippen molar-refractivity contribution >= 4 is 5.91 Å². The van der Waals surface area contributed by atoms with Gasteiger partial charge in [-0.3, -0.25) is 9.69 Å². The van der Waals surface area contributed by atoms with Crippen molar-refractivity contribution < 1.29 is 4.79 Å². The predicted octanol–water partition coefficient (Wildman–Crippen LogP) is 3.10. The maximum absolute atomic E-state index is 13.2. The zero-order chi connectivity index (χ0) is 18.3. The molecule has 142 valence electrons. The fourth-order valence-corrected chi connectivity index (χ4v) is 4.89. The summed E-state index contributed by atoms with van der Waals surface area (Å²) in [7, 11) is 0. The highest BCUT2D eigenvalue weighted by Gasteiger charge is 2.48. The molecule has 27 heavy (non-hydrogen) atoms. The molecule has 3 fully saturated rings. The molecule has 2 saturated heterocycles. The van der Waals surface area contributed by atoms with Crippen molar-refractivity contribution in [1.29, 1.82) is 0 Å². The van der Waals surface area contributed by atoms with Crippen molar-refractivity contribution in [3.63, 3.8) is 0 Å². The number of nitrogens with zero attached hydrogens (tertiary/aromatic N) is 4. The van der Waals surface area contributed by atoms with E-state index in [2.05, 4.69) is 39.2 Å². The second-order valence-electron chi connectivity index (χ2n) is 8.66. The minimum Gasteiger partial charge on any atom is -0.342 e. The summed E-state index contributed by atoms with van der Waals surface area (Å²) < 4.78 is 1.90. The van der Waals surface area contributed by atoms with Crippen LogP contribution in [0, 0.1) is 11.3 Å². The number of benzene rings is 1. The Kier molecular flexibility index (Phi) is 4.27. The molecule has 5 heteroatoms. The van der Waals surface area contributed by atoms with Gasteiger partial charge >= 0.3 is 0 Å². The summed E-state index contributed by atoms with van der Waals surface area (Å²) in [6.07, 6.45) is 9.66. The molecule has 0 bridgehead atoms. The lowest BCUT2D eigenvalue weighted by Crippen LogP contribution is -2.50. The molecule has 1 aromatic heterocycles. The number of aromatic nitrogens is 2. The summed E-state index contributed by atoms with van der Waals surface area (Å²) in [5.41, 5.74) is 2.26. The van der Waals surface area contributed by atoms with Crippen molar-refractivity contribution in [2.75, 3.05) is 26.2 Å². The van der Waals surface area contributed by atoms with E-state index in [0.29, 0.717) is 5.91 Å². The molecule has 1 saturated carbocycles. The third-order valence-corrected chi connectivity index (χ3v) is 6.52. The van der Waals surface area contributed by atoms with Crippen LogP contribution in [0.4, 0.5) is 0 Å². The fourth-order valence-electron chi connectivity index (χ4n) is 4.89. The maximum Gasteiger partial charge on any atom is 0.230 e. The van der Waals surface area contributed by atoms with E-state index in [1.54, 1.807) is 6.20 Å². The third kappa shape index (κ3) is 3.41. The van der Waals surface area contributed by atoms with Crippen molar-refractivity contribution in [1.82, 2.24) is 19.6 Å². The maximum atomic E-state index is 13.2. The Morgan fingerprint density at radius 2 is 2.07 bits per heavy atom. The van der Waals surface area contributed by atoms with Crippen LogP contribution in [0.2, 0.25) is 0 Å². The average molecular weight is 364 g/mol. The standard InChI is InChI=1S/C22H28N4O/c27-21-22(8-2-11-25(21)16-18-6-7-18)9-13-24(17-22)15-19-4-1-5-20(14-19)26-12-3-10-23-26/h1,3-5,10,12,14,18H,2,6-9,11,13,15-17H2. The lowest BCUT2D eigenvalue weighted by molar-refractivity contribution is -0.145. The van der Waals surface area contributed by atoms with E-state index in [9.17, 15) is 4.79 Å². The van der Waals surface area contributed by atoms with Crippen molar-refractivity contribution in [3.05, 3.63) is 48.3 Å². The van der Waals surface area contributed by atoms with Gasteiger partial charge in [0.1, 0.15) is 0 Å². The smallest absolute Gasteiger partial charge is 0.230 e. The van der Waals surface area contributed by atoms with E-state index in [1.807, 2.05) is 16.9 Å². The highest BCUT2D eigenvalue weighted by Crippen LogP contribution is 2.42. The molecule has 3 aliphatic rings. The Labute approximate surface area is 161 Å². The van der Waals surface area contributed by atoms with E-state index in [-0.39, 0.29) is 5.41 Å². The summed E-state index contributed by atoms with van der Waals surface area (Å²) >= 11 is 0. The molecule has 5 rings (SSSR count). The predicted molar refractivity (Wildman–Crippen MR) is 104 cm³/mol. The first-order valence-electron chi connectivity index (χ1n) is 10.3. The number of carbonyl (C=O) groups excluding carboxylic acids is 1. The van der Waals surface area contributed by atoms with Crippen molar-refractivity contribution in [3.8, 4) is 5.69 Å². The monoisotopic (exact) mass is 364 g/mol. The van der Waals surface area contributed by atoms with E-state index >= 15 is 0 Å². The first kappa shape index (κ1) is 17.0. The molecule has 0 radical (unpaired) electrons. The second-order valence-corrected chi connectivity index (χ2v) is 8.66. The van der Waals surface area contributed by atoms with Gasteiger partial charge in [-0.2, -0.15) is 5.10 Å². The quantitative estimate of drug-likeness (QED) is 0.819. The molecule has 0 N–H and O–H groups in total. The van der Waals surface area contributed by atoms with Crippen LogP contribution >= 0.6 is 0 Å². The summed E-state index contributed by atoms with van der Waals surface area (Å²) in [6, 6.07) is 10.5. The number of carbonyl (C=O) groups is 1. The molecule has 1 spiro atoms. The molecule has 1 amide bonds. The van der Waals surface area contributed by atoms with Gasteiger partial charge in [-0.25, -0.2) is 4.68 Å². The van der Waals surface area contributed by atoms with Crippen LogP contribution in [-0.2, 0) is 11.3 Å². The fraction of sp³-hybridized carbons (Fsp3) is 0.545. The normalized spacial score (nSPS) is 26.2. The number of piperidine rings is 1. The Morgan fingerprint density at radius 1 is 1.15 bits per heavy atom. The molecule has 1 aromatic carbocycles. The zero-order valence-electron chi connectivity index (χ0n) is 15.9. The summed E-state index contributed by atoms with van der Waals surface area (Å²) in [4.78, 5) is 17.9.